The lowest BCUT2D eigenvalue weighted by molar-refractivity contribution is 0.108. The number of likely N-dealkylation sites (N-methyl/N-ethyl adjacent to an activating group) is 2. The highest BCUT2D eigenvalue weighted by molar-refractivity contribution is 4.98. The molecule has 96 valence electrons. The van der Waals surface area contributed by atoms with Crippen molar-refractivity contribution in [1.82, 2.24) is 19.9 Å². The Kier molecular flexibility index (Phi) is 4.09. The van der Waals surface area contributed by atoms with Crippen LogP contribution in [0.1, 0.15) is 24.2 Å². The Morgan fingerprint density at radius 3 is 3.00 bits per heavy atom. The molecule has 0 amide bonds. The Morgan fingerprint density at radius 2 is 2.24 bits per heavy atom. The van der Waals surface area contributed by atoms with Crippen molar-refractivity contribution in [2.75, 3.05) is 40.3 Å². The van der Waals surface area contributed by atoms with Crippen molar-refractivity contribution in [3.8, 4) is 0 Å². The third-order valence-corrected chi connectivity index (χ3v) is 3.23. The summed E-state index contributed by atoms with van der Waals surface area (Å²) in [5, 5.41) is 4.08. The van der Waals surface area contributed by atoms with E-state index in [1.165, 1.54) is 0 Å². The van der Waals surface area contributed by atoms with Crippen LogP contribution in [0.2, 0.25) is 0 Å². The van der Waals surface area contributed by atoms with Crippen molar-refractivity contribution >= 4 is 0 Å². The van der Waals surface area contributed by atoms with Crippen LogP contribution in [0, 0.1) is 0 Å². The first-order valence-electron chi connectivity index (χ1n) is 6.12. The molecule has 0 bridgehead atoms. The number of piperazine rings is 1. The molecule has 1 aromatic rings. The van der Waals surface area contributed by atoms with Crippen molar-refractivity contribution in [3.63, 3.8) is 0 Å². The van der Waals surface area contributed by atoms with Gasteiger partial charge in [0.15, 0.2) is 5.82 Å². The second kappa shape index (κ2) is 5.57. The van der Waals surface area contributed by atoms with Crippen LogP contribution >= 0.6 is 0 Å². The van der Waals surface area contributed by atoms with E-state index in [4.69, 9.17) is 10.3 Å². The van der Waals surface area contributed by atoms with Crippen LogP contribution in [0.25, 0.3) is 0 Å². The van der Waals surface area contributed by atoms with E-state index in [-0.39, 0.29) is 6.04 Å². The molecular formula is C11H21N5O. The summed E-state index contributed by atoms with van der Waals surface area (Å²) in [6.45, 7) is 3.73. The zero-order valence-corrected chi connectivity index (χ0v) is 10.6. The van der Waals surface area contributed by atoms with Gasteiger partial charge in [0, 0.05) is 26.1 Å². The average Bonchev–Trinajstić information content (AvgIpc) is 2.78. The van der Waals surface area contributed by atoms with E-state index >= 15 is 0 Å². The second-order valence-electron chi connectivity index (χ2n) is 4.70. The van der Waals surface area contributed by atoms with Crippen molar-refractivity contribution in [3.05, 3.63) is 11.7 Å². The molecule has 2 heterocycles. The molecule has 1 atom stereocenters. The second-order valence-corrected chi connectivity index (χ2v) is 4.70. The predicted molar refractivity (Wildman–Crippen MR) is 64.5 cm³/mol. The third kappa shape index (κ3) is 3.02. The van der Waals surface area contributed by atoms with Crippen LogP contribution in [0.15, 0.2) is 4.52 Å². The first-order chi connectivity index (χ1) is 8.20. The maximum absolute atomic E-state index is 5.46. The van der Waals surface area contributed by atoms with Crippen LogP contribution in [0.4, 0.5) is 0 Å². The minimum Gasteiger partial charge on any atom is -0.339 e. The third-order valence-electron chi connectivity index (χ3n) is 3.23. The quantitative estimate of drug-likeness (QED) is 0.790. The maximum atomic E-state index is 5.46. The van der Waals surface area contributed by atoms with Gasteiger partial charge in [-0.1, -0.05) is 5.16 Å². The monoisotopic (exact) mass is 239 g/mol. The summed E-state index contributed by atoms with van der Waals surface area (Å²) in [6, 6.07) is 0.240. The first kappa shape index (κ1) is 12.5. The van der Waals surface area contributed by atoms with E-state index in [0.717, 1.165) is 38.3 Å². The van der Waals surface area contributed by atoms with Gasteiger partial charge in [0.2, 0.25) is 5.89 Å². The molecule has 6 heteroatoms. The van der Waals surface area contributed by atoms with Crippen molar-refractivity contribution < 1.29 is 4.52 Å². The van der Waals surface area contributed by atoms with Crippen LogP contribution in [0.5, 0.6) is 0 Å². The fourth-order valence-corrected chi connectivity index (χ4v) is 2.05. The van der Waals surface area contributed by atoms with Crippen LogP contribution in [-0.4, -0.2) is 60.2 Å². The molecule has 0 aromatic carbocycles. The van der Waals surface area contributed by atoms with E-state index in [0.29, 0.717) is 12.4 Å². The number of aromatic nitrogens is 2. The molecule has 2 rings (SSSR count). The molecular weight excluding hydrogens is 218 g/mol. The molecule has 1 fully saturated rings. The van der Waals surface area contributed by atoms with Gasteiger partial charge < -0.3 is 15.2 Å². The van der Waals surface area contributed by atoms with E-state index in [1.54, 1.807) is 0 Å². The number of hydrogen-bond donors (Lipinski definition) is 1. The zero-order chi connectivity index (χ0) is 12.3. The lowest BCUT2D eigenvalue weighted by Crippen LogP contribution is -2.45. The fraction of sp³-hybridized carbons (Fsp3) is 0.818. The van der Waals surface area contributed by atoms with Gasteiger partial charge in [0.05, 0.1) is 6.04 Å². The number of nitrogens with zero attached hydrogens (tertiary/aromatic N) is 4. The van der Waals surface area contributed by atoms with E-state index < -0.39 is 0 Å². The Hall–Kier alpha value is -0.980. The smallest absolute Gasteiger partial charge is 0.226 e. The lowest BCUT2D eigenvalue weighted by Gasteiger charge is -2.35. The van der Waals surface area contributed by atoms with Crippen LogP contribution in [0.3, 0.4) is 0 Å². The van der Waals surface area contributed by atoms with Gasteiger partial charge in [-0.15, -0.1) is 0 Å². The predicted octanol–water partition coefficient (Wildman–Crippen LogP) is -0.121. The number of nitrogens with two attached hydrogens (primary N) is 1. The van der Waals surface area contributed by atoms with Crippen molar-refractivity contribution in [2.45, 2.75) is 18.9 Å². The first-order valence-corrected chi connectivity index (χ1v) is 6.12. The summed E-state index contributed by atoms with van der Waals surface area (Å²) in [5.41, 5.74) is 5.46. The standard InChI is InChI=1S/C11H21N5O/c1-15-6-7-16(2)9(8-15)11-13-10(17-14-11)4-3-5-12/h9H,3-8,12H2,1-2H3. The normalized spacial score (nSPS) is 23.1. The highest BCUT2D eigenvalue weighted by Gasteiger charge is 2.27. The Balaban J connectivity index is 2.02. The number of hydrogen-bond acceptors (Lipinski definition) is 6. The van der Waals surface area contributed by atoms with Gasteiger partial charge in [0.25, 0.3) is 0 Å². The van der Waals surface area contributed by atoms with E-state index in [1.807, 2.05) is 0 Å². The van der Waals surface area contributed by atoms with E-state index in [9.17, 15) is 0 Å². The van der Waals surface area contributed by atoms with Gasteiger partial charge in [-0.25, -0.2) is 0 Å². The number of aryl methyl sites for hydroxylation is 1. The molecule has 2 N–H and O–H groups in total. The molecule has 1 aliphatic rings. The molecule has 0 radical (unpaired) electrons. The minimum atomic E-state index is 0.240. The molecule has 0 saturated carbocycles. The average molecular weight is 239 g/mol. The van der Waals surface area contributed by atoms with Crippen LogP contribution < -0.4 is 5.73 Å². The summed E-state index contributed by atoms with van der Waals surface area (Å²) >= 11 is 0. The summed E-state index contributed by atoms with van der Waals surface area (Å²) in [7, 11) is 4.23. The molecule has 0 aliphatic carbocycles. The van der Waals surface area contributed by atoms with Crippen molar-refractivity contribution in [1.29, 1.82) is 0 Å². The molecule has 1 aliphatic heterocycles. The van der Waals surface area contributed by atoms with Crippen LogP contribution in [-0.2, 0) is 6.42 Å². The summed E-state index contributed by atoms with van der Waals surface area (Å²) < 4.78 is 5.24. The van der Waals surface area contributed by atoms with Gasteiger partial charge in [0.1, 0.15) is 0 Å². The largest absolute Gasteiger partial charge is 0.339 e. The van der Waals surface area contributed by atoms with Gasteiger partial charge in [-0.2, -0.15) is 4.98 Å². The molecule has 1 unspecified atom stereocenters. The van der Waals surface area contributed by atoms with Gasteiger partial charge >= 0.3 is 0 Å². The lowest BCUT2D eigenvalue weighted by atomic mass is 10.2. The zero-order valence-electron chi connectivity index (χ0n) is 10.6. The SMILES string of the molecule is CN1CCN(C)C(c2noc(CCCN)n2)C1. The molecule has 6 nitrogen and oxygen atoms in total. The Labute approximate surface area is 102 Å². The Morgan fingerprint density at radius 1 is 1.41 bits per heavy atom. The molecule has 17 heavy (non-hydrogen) atoms. The highest BCUT2D eigenvalue weighted by Crippen LogP contribution is 2.20. The number of rotatable bonds is 4. The Bertz CT molecular complexity index is 353. The molecule has 1 saturated heterocycles. The summed E-state index contributed by atoms with van der Waals surface area (Å²) in [4.78, 5) is 9.02. The van der Waals surface area contributed by atoms with Gasteiger partial charge in [-0.05, 0) is 27.1 Å². The summed E-state index contributed by atoms with van der Waals surface area (Å²) in [5.74, 6) is 1.50. The minimum absolute atomic E-state index is 0.240. The summed E-state index contributed by atoms with van der Waals surface area (Å²) in [6.07, 6.45) is 1.66. The van der Waals surface area contributed by atoms with Gasteiger partial charge in [-0.3, -0.25) is 4.90 Å². The fourth-order valence-electron chi connectivity index (χ4n) is 2.05. The molecule has 0 spiro atoms. The highest BCUT2D eigenvalue weighted by atomic mass is 16.5. The van der Waals surface area contributed by atoms with E-state index in [2.05, 4.69) is 34.0 Å². The molecule has 1 aromatic heterocycles. The topological polar surface area (TPSA) is 71.4 Å². The maximum Gasteiger partial charge on any atom is 0.226 e. The van der Waals surface area contributed by atoms with Crippen molar-refractivity contribution in [2.24, 2.45) is 5.73 Å².